The molecule has 1 aliphatic rings. The molecule has 118 valence electrons. The number of rotatable bonds is 5. The van der Waals surface area contributed by atoms with Gasteiger partial charge in [-0.2, -0.15) is 0 Å². The molecule has 0 aliphatic heterocycles. The van der Waals surface area contributed by atoms with Crippen LogP contribution in [0.15, 0.2) is 17.0 Å². The largest absolute Gasteiger partial charge is 0.396 e. The highest BCUT2D eigenvalue weighted by Crippen LogP contribution is 2.26. The first-order valence-electron chi connectivity index (χ1n) is 7.14. The molecule has 0 spiro atoms. The summed E-state index contributed by atoms with van der Waals surface area (Å²) in [6.45, 7) is 0.254. The van der Waals surface area contributed by atoms with Gasteiger partial charge < -0.3 is 5.73 Å². The summed E-state index contributed by atoms with van der Waals surface area (Å²) in [5, 5.41) is 0. The van der Waals surface area contributed by atoms with Crippen molar-refractivity contribution in [2.45, 2.75) is 43.4 Å². The second-order valence-electron chi connectivity index (χ2n) is 5.49. The molecule has 0 saturated heterocycles. The Morgan fingerprint density at radius 3 is 2.48 bits per heavy atom. The minimum Gasteiger partial charge on any atom is -0.396 e. The van der Waals surface area contributed by atoms with Crippen molar-refractivity contribution >= 4 is 15.7 Å². The van der Waals surface area contributed by atoms with E-state index in [1.54, 1.807) is 0 Å². The molecule has 3 N–H and O–H groups in total. The first kappa shape index (κ1) is 16.2. The van der Waals surface area contributed by atoms with Gasteiger partial charge in [-0.25, -0.2) is 21.9 Å². The number of nitrogens with two attached hydrogens (primary N) is 1. The lowest BCUT2D eigenvalue weighted by Crippen LogP contribution is -2.27. The molecule has 1 fully saturated rings. The minimum absolute atomic E-state index is 0.254. The predicted octanol–water partition coefficient (Wildman–Crippen LogP) is 2.80. The molecular formula is C14H20F2N2O2S. The third-order valence-corrected chi connectivity index (χ3v) is 5.39. The average molecular weight is 318 g/mol. The summed E-state index contributed by atoms with van der Waals surface area (Å²) < 4.78 is 53.1. The van der Waals surface area contributed by atoms with E-state index in [9.17, 15) is 17.2 Å². The highest BCUT2D eigenvalue weighted by atomic mass is 32.2. The van der Waals surface area contributed by atoms with Crippen molar-refractivity contribution in [1.29, 1.82) is 0 Å². The fraction of sp³-hybridized carbons (Fsp3) is 0.571. The number of nitrogens with one attached hydrogen (secondary N) is 1. The Morgan fingerprint density at radius 2 is 1.81 bits per heavy atom. The van der Waals surface area contributed by atoms with E-state index in [0.717, 1.165) is 25.3 Å². The quantitative estimate of drug-likeness (QED) is 0.820. The van der Waals surface area contributed by atoms with Crippen LogP contribution in [0.25, 0.3) is 0 Å². The predicted molar refractivity (Wildman–Crippen MR) is 77.2 cm³/mol. The molecule has 0 amide bonds. The molecule has 0 aromatic heterocycles. The zero-order chi connectivity index (χ0) is 15.5. The summed E-state index contributed by atoms with van der Waals surface area (Å²) in [6, 6.07) is 1.30. The first-order valence-corrected chi connectivity index (χ1v) is 8.62. The maximum absolute atomic E-state index is 13.6. The van der Waals surface area contributed by atoms with Crippen LogP contribution in [0.1, 0.15) is 38.5 Å². The summed E-state index contributed by atoms with van der Waals surface area (Å²) in [5.74, 6) is -1.58. The maximum Gasteiger partial charge on any atom is 0.243 e. The molecule has 7 heteroatoms. The molecule has 0 unspecified atom stereocenters. The van der Waals surface area contributed by atoms with Crippen molar-refractivity contribution in [2.75, 3.05) is 12.3 Å². The maximum atomic E-state index is 13.6. The minimum atomic E-state index is -4.00. The lowest BCUT2D eigenvalue weighted by atomic mass is 9.87. The highest BCUT2D eigenvalue weighted by molar-refractivity contribution is 7.89. The van der Waals surface area contributed by atoms with Gasteiger partial charge in [0.1, 0.15) is 16.5 Å². The van der Waals surface area contributed by atoms with E-state index < -0.39 is 26.6 Å². The molecule has 0 bridgehead atoms. The number of benzene rings is 1. The number of halogens is 2. The Balaban J connectivity index is 1.99. The molecule has 1 aliphatic carbocycles. The number of hydrogen-bond donors (Lipinski definition) is 2. The number of sulfonamides is 1. The zero-order valence-corrected chi connectivity index (χ0v) is 12.6. The Hall–Kier alpha value is -1.21. The van der Waals surface area contributed by atoms with Crippen LogP contribution in [-0.2, 0) is 10.0 Å². The Morgan fingerprint density at radius 1 is 1.14 bits per heavy atom. The third-order valence-electron chi connectivity index (χ3n) is 3.91. The molecule has 1 saturated carbocycles. The first-order chi connectivity index (χ1) is 9.90. The van der Waals surface area contributed by atoms with Crippen LogP contribution >= 0.6 is 0 Å². The van der Waals surface area contributed by atoms with E-state index >= 15 is 0 Å². The number of hydrogen-bond acceptors (Lipinski definition) is 3. The van der Waals surface area contributed by atoms with Crippen LogP contribution in [0.4, 0.5) is 14.5 Å². The van der Waals surface area contributed by atoms with E-state index in [0.29, 0.717) is 12.0 Å². The Labute approximate surface area is 123 Å². The van der Waals surface area contributed by atoms with Crippen molar-refractivity contribution in [3.8, 4) is 0 Å². The summed E-state index contributed by atoms with van der Waals surface area (Å²) in [4.78, 5) is -0.606. The number of anilines is 1. The second-order valence-corrected chi connectivity index (χ2v) is 7.23. The molecular weight excluding hydrogens is 298 g/mol. The van der Waals surface area contributed by atoms with E-state index in [1.807, 2.05) is 0 Å². The van der Waals surface area contributed by atoms with Gasteiger partial charge in [0.25, 0.3) is 0 Å². The van der Waals surface area contributed by atoms with Crippen molar-refractivity contribution in [1.82, 2.24) is 4.72 Å². The second kappa shape index (κ2) is 6.70. The van der Waals surface area contributed by atoms with Crippen LogP contribution in [-0.4, -0.2) is 15.0 Å². The summed E-state index contributed by atoms with van der Waals surface area (Å²) >= 11 is 0. The summed E-state index contributed by atoms with van der Waals surface area (Å²) in [5.41, 5.74) is 4.91. The topological polar surface area (TPSA) is 72.2 Å². The van der Waals surface area contributed by atoms with Crippen molar-refractivity contribution in [2.24, 2.45) is 5.92 Å². The van der Waals surface area contributed by atoms with E-state index in [2.05, 4.69) is 4.72 Å². The smallest absolute Gasteiger partial charge is 0.243 e. The summed E-state index contributed by atoms with van der Waals surface area (Å²) in [7, 11) is -4.00. The van der Waals surface area contributed by atoms with E-state index in [1.165, 1.54) is 19.3 Å². The van der Waals surface area contributed by atoms with Crippen LogP contribution in [0.2, 0.25) is 0 Å². The number of nitrogen functional groups attached to an aromatic ring is 1. The van der Waals surface area contributed by atoms with Gasteiger partial charge in [0.2, 0.25) is 10.0 Å². The van der Waals surface area contributed by atoms with Crippen molar-refractivity contribution in [3.63, 3.8) is 0 Å². The van der Waals surface area contributed by atoms with Gasteiger partial charge in [-0.15, -0.1) is 0 Å². The molecule has 4 nitrogen and oxygen atoms in total. The fourth-order valence-electron chi connectivity index (χ4n) is 2.70. The third kappa shape index (κ3) is 4.14. The van der Waals surface area contributed by atoms with Gasteiger partial charge in [0, 0.05) is 12.6 Å². The monoisotopic (exact) mass is 318 g/mol. The van der Waals surface area contributed by atoms with Gasteiger partial charge in [-0.1, -0.05) is 32.1 Å². The normalized spacial score (nSPS) is 17.0. The summed E-state index contributed by atoms with van der Waals surface area (Å²) in [6.07, 6.45) is 6.56. The van der Waals surface area contributed by atoms with Crippen LogP contribution in [0, 0.1) is 17.6 Å². The van der Waals surface area contributed by atoms with Gasteiger partial charge >= 0.3 is 0 Å². The van der Waals surface area contributed by atoms with Crippen molar-refractivity contribution < 1.29 is 17.2 Å². The van der Waals surface area contributed by atoms with Crippen LogP contribution in [0.5, 0.6) is 0 Å². The SMILES string of the molecule is Nc1cc(S(=O)(=O)NCCC2CCCCC2)c(F)cc1F. The molecule has 21 heavy (non-hydrogen) atoms. The van der Waals surface area contributed by atoms with Crippen LogP contribution < -0.4 is 10.5 Å². The Kier molecular flexibility index (Phi) is 5.16. The lowest BCUT2D eigenvalue weighted by Gasteiger charge is -2.21. The lowest BCUT2D eigenvalue weighted by molar-refractivity contribution is 0.339. The molecule has 1 aromatic rings. The van der Waals surface area contributed by atoms with Crippen molar-refractivity contribution in [3.05, 3.63) is 23.8 Å². The average Bonchev–Trinajstić information content (AvgIpc) is 2.43. The van der Waals surface area contributed by atoms with Crippen LogP contribution in [0.3, 0.4) is 0 Å². The van der Waals surface area contributed by atoms with Gasteiger partial charge in [0.15, 0.2) is 0 Å². The molecule has 1 aromatic carbocycles. The Bertz CT molecular complexity index is 599. The van der Waals surface area contributed by atoms with Gasteiger partial charge in [0.05, 0.1) is 5.69 Å². The molecule has 2 rings (SSSR count). The highest BCUT2D eigenvalue weighted by Gasteiger charge is 2.21. The molecule has 0 radical (unpaired) electrons. The zero-order valence-electron chi connectivity index (χ0n) is 11.7. The van der Waals surface area contributed by atoms with Gasteiger partial charge in [-0.05, 0) is 18.4 Å². The van der Waals surface area contributed by atoms with Gasteiger partial charge in [-0.3, -0.25) is 0 Å². The molecule has 0 atom stereocenters. The fourth-order valence-corrected chi connectivity index (χ4v) is 3.84. The van der Waals surface area contributed by atoms with E-state index in [4.69, 9.17) is 5.73 Å². The van der Waals surface area contributed by atoms with E-state index in [-0.39, 0.29) is 12.2 Å². The standard InChI is InChI=1S/C14H20F2N2O2S/c15-11-8-12(16)14(9-13(11)17)21(19,20)18-7-6-10-4-2-1-3-5-10/h8-10,18H,1-7,17H2. The molecule has 0 heterocycles.